The highest BCUT2D eigenvalue weighted by Crippen LogP contribution is 2.24. The second-order valence-corrected chi connectivity index (χ2v) is 5.07. The first kappa shape index (κ1) is 13.7. The summed E-state index contributed by atoms with van der Waals surface area (Å²) < 4.78 is 5.14. The molecule has 0 saturated heterocycles. The molecule has 1 heterocycles. The minimum Gasteiger partial charge on any atom is -0.497 e. The lowest BCUT2D eigenvalue weighted by Gasteiger charge is -2.06. The molecule has 2 aromatic rings. The van der Waals surface area contributed by atoms with Gasteiger partial charge in [-0.15, -0.1) is 11.8 Å². The van der Waals surface area contributed by atoms with Crippen LogP contribution in [0.3, 0.4) is 0 Å². The van der Waals surface area contributed by atoms with Gasteiger partial charge >= 0.3 is 0 Å². The maximum Gasteiger partial charge on any atom is 0.141 e. The average Bonchev–Trinajstić information content (AvgIpc) is 2.45. The third-order valence-electron chi connectivity index (χ3n) is 2.58. The Morgan fingerprint density at radius 2 is 1.95 bits per heavy atom. The highest BCUT2D eigenvalue weighted by atomic mass is 32.2. The van der Waals surface area contributed by atoms with Crippen molar-refractivity contribution in [1.29, 1.82) is 0 Å². The zero-order chi connectivity index (χ0) is 13.7. The number of rotatable bonds is 5. The van der Waals surface area contributed by atoms with Gasteiger partial charge in [0.2, 0.25) is 0 Å². The summed E-state index contributed by atoms with van der Waals surface area (Å²) in [7, 11) is 3.53. The van der Waals surface area contributed by atoms with Gasteiger partial charge in [-0.05, 0) is 31.2 Å². The van der Waals surface area contributed by atoms with Crippen molar-refractivity contribution in [2.45, 2.75) is 17.6 Å². The molecule has 0 spiro atoms. The van der Waals surface area contributed by atoms with Crippen LogP contribution in [0.4, 0.5) is 5.82 Å². The van der Waals surface area contributed by atoms with Crippen molar-refractivity contribution in [2.24, 2.45) is 0 Å². The van der Waals surface area contributed by atoms with Crippen LogP contribution in [0.5, 0.6) is 5.75 Å². The summed E-state index contributed by atoms with van der Waals surface area (Å²) in [6.07, 6.45) is 0. The minimum absolute atomic E-state index is 0.753. The van der Waals surface area contributed by atoms with E-state index < -0.39 is 0 Å². The van der Waals surface area contributed by atoms with Crippen molar-refractivity contribution >= 4 is 17.6 Å². The van der Waals surface area contributed by atoms with Crippen LogP contribution >= 0.6 is 11.8 Å². The van der Waals surface area contributed by atoms with E-state index >= 15 is 0 Å². The molecule has 0 saturated carbocycles. The third-order valence-corrected chi connectivity index (χ3v) is 3.59. The maximum atomic E-state index is 5.14. The summed E-state index contributed by atoms with van der Waals surface area (Å²) in [5.74, 6) is 3.32. The van der Waals surface area contributed by atoms with E-state index in [1.807, 2.05) is 44.3 Å². The van der Waals surface area contributed by atoms with E-state index in [9.17, 15) is 0 Å². The fraction of sp³-hybridized carbons (Fsp3) is 0.286. The molecular formula is C14H17N3OS. The van der Waals surface area contributed by atoms with E-state index in [1.54, 1.807) is 18.9 Å². The van der Waals surface area contributed by atoms with Gasteiger partial charge in [0.15, 0.2) is 0 Å². The van der Waals surface area contributed by atoms with Crippen molar-refractivity contribution in [3.8, 4) is 5.75 Å². The quantitative estimate of drug-likeness (QED) is 0.849. The summed E-state index contributed by atoms with van der Waals surface area (Å²) in [4.78, 5) is 10.0. The van der Waals surface area contributed by atoms with Gasteiger partial charge in [-0.1, -0.05) is 0 Å². The smallest absolute Gasteiger partial charge is 0.141 e. The molecule has 0 unspecified atom stereocenters. The number of thioether (sulfide) groups is 1. The molecule has 1 N–H and O–H groups in total. The van der Waals surface area contributed by atoms with Gasteiger partial charge < -0.3 is 10.1 Å². The first-order valence-corrected chi connectivity index (χ1v) is 6.99. The zero-order valence-corrected chi connectivity index (χ0v) is 12.1. The first-order valence-electron chi connectivity index (χ1n) is 6.00. The van der Waals surface area contributed by atoms with Gasteiger partial charge in [0, 0.05) is 23.7 Å². The Labute approximate surface area is 117 Å². The van der Waals surface area contributed by atoms with Crippen LogP contribution in [-0.2, 0) is 5.75 Å². The number of anilines is 1. The van der Waals surface area contributed by atoms with Crippen LogP contribution in [-0.4, -0.2) is 24.1 Å². The zero-order valence-electron chi connectivity index (χ0n) is 11.3. The van der Waals surface area contributed by atoms with E-state index in [0.29, 0.717) is 0 Å². The van der Waals surface area contributed by atoms with Crippen molar-refractivity contribution < 1.29 is 4.74 Å². The Balaban J connectivity index is 2.03. The minimum atomic E-state index is 0.753. The molecule has 1 aromatic carbocycles. The molecule has 4 nitrogen and oxygen atoms in total. The molecule has 1 aromatic heterocycles. The number of hydrogen-bond donors (Lipinski definition) is 1. The van der Waals surface area contributed by atoms with Crippen LogP contribution < -0.4 is 10.1 Å². The van der Waals surface area contributed by atoms with Crippen molar-refractivity contribution in [2.75, 3.05) is 19.5 Å². The number of hydrogen-bond acceptors (Lipinski definition) is 5. The van der Waals surface area contributed by atoms with Crippen LogP contribution in [0.2, 0.25) is 0 Å². The standard InChI is InChI=1S/C14H17N3OS/c1-10-8-13(15-2)17-14(16-10)9-19-12-6-4-11(18-3)5-7-12/h4-8H,9H2,1-3H3,(H,15,16,17). The van der Waals surface area contributed by atoms with E-state index in [4.69, 9.17) is 4.74 Å². The molecule has 0 bridgehead atoms. The normalized spacial score (nSPS) is 10.3. The summed E-state index contributed by atoms with van der Waals surface area (Å²) in [6.45, 7) is 1.98. The summed E-state index contributed by atoms with van der Waals surface area (Å²) in [5.41, 5.74) is 0.977. The van der Waals surface area contributed by atoms with E-state index in [2.05, 4.69) is 15.3 Å². The topological polar surface area (TPSA) is 47.0 Å². The molecule has 0 amide bonds. The summed E-state index contributed by atoms with van der Waals surface area (Å²) in [6, 6.07) is 9.93. The molecule has 5 heteroatoms. The highest BCUT2D eigenvalue weighted by Gasteiger charge is 2.03. The lowest BCUT2D eigenvalue weighted by molar-refractivity contribution is 0.414. The molecule has 2 rings (SSSR count). The Morgan fingerprint density at radius 3 is 2.58 bits per heavy atom. The molecule has 0 aliphatic carbocycles. The molecule has 100 valence electrons. The molecule has 0 atom stereocenters. The number of nitrogens with one attached hydrogen (secondary N) is 1. The Hall–Kier alpha value is -1.75. The van der Waals surface area contributed by atoms with Crippen LogP contribution in [0, 0.1) is 6.92 Å². The number of aromatic nitrogens is 2. The largest absolute Gasteiger partial charge is 0.497 e. The van der Waals surface area contributed by atoms with Gasteiger partial charge in [0.05, 0.1) is 12.9 Å². The molecule has 0 radical (unpaired) electrons. The molecule has 0 fully saturated rings. The Morgan fingerprint density at radius 1 is 1.21 bits per heavy atom. The Bertz CT molecular complexity index is 543. The first-order chi connectivity index (χ1) is 9.21. The van der Waals surface area contributed by atoms with Crippen LogP contribution in [0.25, 0.3) is 0 Å². The lowest BCUT2D eigenvalue weighted by atomic mass is 10.3. The van der Waals surface area contributed by atoms with Gasteiger partial charge in [-0.3, -0.25) is 0 Å². The number of nitrogens with zero attached hydrogens (tertiary/aromatic N) is 2. The van der Waals surface area contributed by atoms with Gasteiger partial charge in [0.1, 0.15) is 17.4 Å². The second-order valence-electron chi connectivity index (χ2n) is 4.02. The molecule has 0 aliphatic rings. The summed E-state index contributed by atoms with van der Waals surface area (Å²) >= 11 is 1.71. The number of methoxy groups -OCH3 is 1. The highest BCUT2D eigenvalue weighted by molar-refractivity contribution is 7.98. The van der Waals surface area contributed by atoms with E-state index in [0.717, 1.165) is 28.8 Å². The predicted octanol–water partition coefficient (Wildman–Crippen LogP) is 3.13. The van der Waals surface area contributed by atoms with Crippen molar-refractivity contribution in [3.05, 3.63) is 41.9 Å². The van der Waals surface area contributed by atoms with Gasteiger partial charge in [-0.25, -0.2) is 9.97 Å². The van der Waals surface area contributed by atoms with Crippen LogP contribution in [0.1, 0.15) is 11.5 Å². The van der Waals surface area contributed by atoms with E-state index in [-0.39, 0.29) is 0 Å². The SMILES string of the molecule is CNc1cc(C)nc(CSc2ccc(OC)cc2)n1. The lowest BCUT2D eigenvalue weighted by Crippen LogP contribution is -2.00. The number of ether oxygens (including phenoxy) is 1. The third kappa shape index (κ3) is 3.86. The fourth-order valence-electron chi connectivity index (χ4n) is 1.64. The van der Waals surface area contributed by atoms with Gasteiger partial charge in [-0.2, -0.15) is 0 Å². The predicted molar refractivity (Wildman–Crippen MR) is 78.9 cm³/mol. The summed E-state index contributed by atoms with van der Waals surface area (Å²) in [5, 5.41) is 3.04. The second kappa shape index (κ2) is 6.43. The maximum absolute atomic E-state index is 5.14. The number of aryl methyl sites for hydroxylation is 1. The van der Waals surface area contributed by atoms with Crippen molar-refractivity contribution in [1.82, 2.24) is 9.97 Å². The van der Waals surface area contributed by atoms with Crippen molar-refractivity contribution in [3.63, 3.8) is 0 Å². The van der Waals surface area contributed by atoms with Gasteiger partial charge in [0.25, 0.3) is 0 Å². The molecule has 0 aliphatic heterocycles. The number of benzene rings is 1. The average molecular weight is 275 g/mol. The van der Waals surface area contributed by atoms with Crippen LogP contribution in [0.15, 0.2) is 35.2 Å². The fourth-order valence-corrected chi connectivity index (χ4v) is 2.40. The molecule has 19 heavy (non-hydrogen) atoms. The monoisotopic (exact) mass is 275 g/mol. The molecular weight excluding hydrogens is 258 g/mol. The Kier molecular flexibility index (Phi) is 4.63. The van der Waals surface area contributed by atoms with E-state index in [1.165, 1.54) is 4.90 Å².